The van der Waals surface area contributed by atoms with E-state index < -0.39 is 4.94 Å². The number of esters is 1. The van der Waals surface area contributed by atoms with Gasteiger partial charge in [-0.1, -0.05) is 31.3 Å². The molecule has 0 fully saturated rings. The molecule has 0 unspecified atom stereocenters. The molecular weight excluding hydrogens is 228 g/mol. The number of benzene rings is 1. The van der Waals surface area contributed by atoms with Gasteiger partial charge in [-0.3, -0.25) is 4.79 Å². The first-order chi connectivity index (χ1) is 7.58. The second kappa shape index (κ2) is 4.09. The van der Waals surface area contributed by atoms with Crippen LogP contribution in [0, 0.1) is 5.92 Å². The lowest BCUT2D eigenvalue weighted by molar-refractivity contribution is -0.137. The van der Waals surface area contributed by atoms with Crippen LogP contribution < -0.4 is 9.68 Å². The van der Waals surface area contributed by atoms with Crippen LogP contribution in [0.25, 0.3) is 10.3 Å². The quantitative estimate of drug-likeness (QED) is 0.595. The van der Waals surface area contributed by atoms with Gasteiger partial charge in [-0.25, -0.2) is 4.79 Å². The second-order valence-corrected chi connectivity index (χ2v) is 4.59. The molecule has 0 N–H and O–H groups in total. The molecule has 84 valence electrons. The average Bonchev–Trinajstić information content (AvgIpc) is 2.59. The molecule has 0 amide bonds. The first kappa shape index (κ1) is 10.9. The van der Waals surface area contributed by atoms with Gasteiger partial charge in [-0.15, -0.1) is 0 Å². The lowest BCUT2D eigenvalue weighted by atomic mass is 10.2. The van der Waals surface area contributed by atoms with Crippen LogP contribution in [0.4, 0.5) is 0 Å². The van der Waals surface area contributed by atoms with E-state index in [0.717, 1.165) is 11.3 Å². The van der Waals surface area contributed by atoms with Gasteiger partial charge in [0.05, 0.1) is 10.6 Å². The third-order valence-corrected chi connectivity index (χ3v) is 2.79. The molecule has 4 nitrogen and oxygen atoms in total. The van der Waals surface area contributed by atoms with Crippen molar-refractivity contribution in [1.82, 2.24) is 0 Å². The number of fused-ring (bicyclic) bond motifs is 1. The third kappa shape index (κ3) is 1.99. The van der Waals surface area contributed by atoms with Crippen molar-refractivity contribution in [3.8, 4) is 5.75 Å². The van der Waals surface area contributed by atoms with Gasteiger partial charge in [0.15, 0.2) is 11.3 Å². The lowest BCUT2D eigenvalue weighted by Gasteiger charge is -2.05. The van der Waals surface area contributed by atoms with E-state index in [0.29, 0.717) is 16.0 Å². The van der Waals surface area contributed by atoms with Crippen molar-refractivity contribution in [2.45, 2.75) is 13.8 Å². The van der Waals surface area contributed by atoms with Gasteiger partial charge in [0.2, 0.25) is 0 Å². The summed E-state index contributed by atoms with van der Waals surface area (Å²) in [6.45, 7) is 3.48. The molecule has 1 aromatic carbocycles. The summed E-state index contributed by atoms with van der Waals surface area (Å²) in [6.07, 6.45) is 0. The number of ether oxygens (including phenoxy) is 1. The lowest BCUT2D eigenvalue weighted by Crippen LogP contribution is -2.14. The standard InChI is InChI=1S/C11H10O4S/c1-6(2)10(12)14-7-4-3-5-8-9(7)15-11(13)16-8/h3-6H,1-2H3. The van der Waals surface area contributed by atoms with Crippen LogP contribution in [0.3, 0.4) is 0 Å². The van der Waals surface area contributed by atoms with Crippen molar-refractivity contribution in [2.75, 3.05) is 0 Å². The zero-order valence-corrected chi connectivity index (χ0v) is 9.67. The van der Waals surface area contributed by atoms with Gasteiger partial charge in [0.1, 0.15) is 0 Å². The highest BCUT2D eigenvalue weighted by Gasteiger charge is 2.14. The molecule has 0 bridgehead atoms. The minimum absolute atomic E-state index is 0.222. The van der Waals surface area contributed by atoms with Crippen molar-refractivity contribution >= 4 is 27.6 Å². The Bertz CT molecular complexity index is 579. The van der Waals surface area contributed by atoms with Gasteiger partial charge in [0.25, 0.3) is 0 Å². The van der Waals surface area contributed by atoms with Crippen LogP contribution in [0.15, 0.2) is 27.4 Å². The van der Waals surface area contributed by atoms with Crippen molar-refractivity contribution in [1.29, 1.82) is 0 Å². The minimum Gasteiger partial charge on any atom is -0.422 e. The molecule has 0 radical (unpaired) electrons. The van der Waals surface area contributed by atoms with E-state index in [4.69, 9.17) is 9.15 Å². The summed E-state index contributed by atoms with van der Waals surface area (Å²) < 4.78 is 10.8. The van der Waals surface area contributed by atoms with Gasteiger partial charge >= 0.3 is 10.9 Å². The number of hydrogen-bond donors (Lipinski definition) is 0. The largest absolute Gasteiger partial charge is 0.422 e. The van der Waals surface area contributed by atoms with Crippen molar-refractivity contribution in [3.05, 3.63) is 27.9 Å². The topological polar surface area (TPSA) is 56.5 Å². The van der Waals surface area contributed by atoms with E-state index in [2.05, 4.69) is 0 Å². The molecule has 0 saturated carbocycles. The first-order valence-electron chi connectivity index (χ1n) is 4.82. The molecule has 0 aliphatic carbocycles. The van der Waals surface area contributed by atoms with Crippen molar-refractivity contribution in [3.63, 3.8) is 0 Å². The Morgan fingerprint density at radius 2 is 2.19 bits per heavy atom. The van der Waals surface area contributed by atoms with Gasteiger partial charge in [-0.05, 0) is 12.1 Å². The van der Waals surface area contributed by atoms with E-state index >= 15 is 0 Å². The van der Waals surface area contributed by atoms with Crippen LogP contribution in [0.5, 0.6) is 5.75 Å². The van der Waals surface area contributed by atoms with Crippen LogP contribution in [-0.2, 0) is 4.79 Å². The summed E-state index contributed by atoms with van der Waals surface area (Å²) in [4.78, 5) is 22.1. The molecule has 0 aliphatic rings. The van der Waals surface area contributed by atoms with Gasteiger partial charge < -0.3 is 9.15 Å². The summed E-state index contributed by atoms with van der Waals surface area (Å²) in [5.41, 5.74) is 0.339. The predicted molar refractivity (Wildman–Crippen MR) is 60.8 cm³/mol. The normalized spacial score (nSPS) is 10.9. The maximum absolute atomic E-state index is 11.4. The Morgan fingerprint density at radius 3 is 2.88 bits per heavy atom. The molecule has 5 heteroatoms. The van der Waals surface area contributed by atoms with Crippen LogP contribution in [0.2, 0.25) is 0 Å². The van der Waals surface area contributed by atoms with Crippen LogP contribution in [0.1, 0.15) is 13.8 Å². The summed E-state index contributed by atoms with van der Waals surface area (Å²) >= 11 is 0.988. The van der Waals surface area contributed by atoms with Gasteiger partial charge in [-0.2, -0.15) is 0 Å². The molecular formula is C11H10O4S. The van der Waals surface area contributed by atoms with E-state index in [1.165, 1.54) is 0 Å². The number of para-hydroxylation sites is 1. The molecule has 0 spiro atoms. The second-order valence-electron chi connectivity index (χ2n) is 3.61. The average molecular weight is 238 g/mol. The van der Waals surface area contributed by atoms with E-state index in [1.807, 2.05) is 0 Å². The molecule has 1 heterocycles. The fourth-order valence-electron chi connectivity index (χ4n) is 1.18. The Morgan fingerprint density at radius 1 is 1.44 bits per heavy atom. The summed E-state index contributed by atoms with van der Waals surface area (Å²) in [6, 6.07) is 5.08. The SMILES string of the molecule is CC(C)C(=O)Oc1cccc2sc(=O)oc12. The number of carbonyl (C=O) groups excluding carboxylic acids is 1. The van der Waals surface area contributed by atoms with Crippen molar-refractivity contribution < 1.29 is 13.9 Å². The molecule has 1 aromatic heterocycles. The molecule has 16 heavy (non-hydrogen) atoms. The fourth-order valence-corrected chi connectivity index (χ4v) is 1.86. The molecule has 0 atom stereocenters. The summed E-state index contributed by atoms with van der Waals surface area (Å²) in [7, 11) is 0. The van der Waals surface area contributed by atoms with Crippen molar-refractivity contribution in [2.24, 2.45) is 5.92 Å². The molecule has 2 aromatic rings. The fraction of sp³-hybridized carbons (Fsp3) is 0.273. The van der Waals surface area contributed by atoms with Crippen LogP contribution in [-0.4, -0.2) is 5.97 Å². The predicted octanol–water partition coefficient (Wildman–Crippen LogP) is 2.42. The summed E-state index contributed by atoms with van der Waals surface area (Å²) in [5, 5.41) is 0. The highest BCUT2D eigenvalue weighted by Crippen LogP contribution is 2.27. The smallest absolute Gasteiger partial charge is 0.396 e. The number of rotatable bonds is 2. The summed E-state index contributed by atoms with van der Waals surface area (Å²) in [5.74, 6) is -0.267. The zero-order chi connectivity index (χ0) is 11.7. The molecule has 0 saturated heterocycles. The maximum atomic E-state index is 11.4. The zero-order valence-electron chi connectivity index (χ0n) is 8.85. The third-order valence-electron chi connectivity index (χ3n) is 2.00. The highest BCUT2D eigenvalue weighted by atomic mass is 32.1. The highest BCUT2D eigenvalue weighted by molar-refractivity contribution is 7.16. The molecule has 0 aliphatic heterocycles. The number of hydrogen-bond acceptors (Lipinski definition) is 5. The number of carbonyl (C=O) groups is 1. The van der Waals surface area contributed by atoms with Crippen LogP contribution >= 0.6 is 11.3 Å². The van der Waals surface area contributed by atoms with E-state index in [1.54, 1.807) is 32.0 Å². The Balaban J connectivity index is 2.44. The monoisotopic (exact) mass is 238 g/mol. The molecule has 2 rings (SSSR count). The Labute approximate surface area is 95.5 Å². The van der Waals surface area contributed by atoms with E-state index in [-0.39, 0.29) is 11.9 Å². The van der Waals surface area contributed by atoms with Gasteiger partial charge in [0, 0.05) is 0 Å². The Kier molecular flexibility index (Phi) is 2.78. The van der Waals surface area contributed by atoms with E-state index in [9.17, 15) is 9.59 Å². The minimum atomic E-state index is -0.400. The first-order valence-corrected chi connectivity index (χ1v) is 5.64. The Hall–Kier alpha value is -1.62. The maximum Gasteiger partial charge on any atom is 0.396 e.